The minimum Gasteiger partial charge on any atom is -0.383 e. The highest BCUT2D eigenvalue weighted by Gasteiger charge is 2.04. The first-order chi connectivity index (χ1) is 8.15. The molecule has 1 aromatic rings. The van der Waals surface area contributed by atoms with Crippen molar-refractivity contribution in [3.05, 3.63) is 28.2 Å². The van der Waals surface area contributed by atoms with Crippen molar-refractivity contribution >= 4 is 21.6 Å². The van der Waals surface area contributed by atoms with Gasteiger partial charge in [0.2, 0.25) is 0 Å². The van der Waals surface area contributed by atoms with Gasteiger partial charge in [-0.15, -0.1) is 0 Å². The average molecular weight is 295 g/mol. The Morgan fingerprint density at radius 3 is 2.76 bits per heavy atom. The highest BCUT2D eigenvalue weighted by molar-refractivity contribution is 9.10. The SMILES string of the molecule is CCCCCC(C)Nc1cc(Br)cc(C#N)c1. The maximum atomic E-state index is 8.90. The van der Waals surface area contributed by atoms with Crippen LogP contribution in [0.4, 0.5) is 5.69 Å². The molecular formula is C14H19BrN2. The number of halogens is 1. The molecule has 0 saturated heterocycles. The molecule has 1 atom stereocenters. The molecular weight excluding hydrogens is 276 g/mol. The molecule has 0 aliphatic rings. The molecule has 0 aliphatic carbocycles. The summed E-state index contributed by atoms with van der Waals surface area (Å²) in [5, 5.41) is 12.3. The average Bonchev–Trinajstić information content (AvgIpc) is 2.28. The van der Waals surface area contributed by atoms with Crippen LogP contribution in [0.3, 0.4) is 0 Å². The summed E-state index contributed by atoms with van der Waals surface area (Å²) >= 11 is 3.42. The Kier molecular flexibility index (Phi) is 6.07. The van der Waals surface area contributed by atoms with Crippen LogP contribution in [0.15, 0.2) is 22.7 Å². The number of unbranched alkanes of at least 4 members (excludes halogenated alkanes) is 2. The number of benzene rings is 1. The molecule has 1 N–H and O–H groups in total. The van der Waals surface area contributed by atoms with Crippen molar-refractivity contribution in [2.45, 2.75) is 45.6 Å². The van der Waals surface area contributed by atoms with Crippen molar-refractivity contribution in [2.24, 2.45) is 0 Å². The molecule has 0 heterocycles. The third-order valence-corrected chi connectivity index (χ3v) is 3.14. The first-order valence-electron chi connectivity index (χ1n) is 6.13. The third kappa shape index (κ3) is 5.23. The molecule has 0 spiro atoms. The van der Waals surface area contributed by atoms with Gasteiger partial charge in [0.25, 0.3) is 0 Å². The van der Waals surface area contributed by atoms with E-state index in [1.54, 1.807) is 0 Å². The zero-order valence-electron chi connectivity index (χ0n) is 10.5. The predicted molar refractivity (Wildman–Crippen MR) is 76.1 cm³/mol. The van der Waals surface area contributed by atoms with E-state index in [2.05, 4.69) is 41.2 Å². The van der Waals surface area contributed by atoms with E-state index in [-0.39, 0.29) is 0 Å². The summed E-state index contributed by atoms with van der Waals surface area (Å²) in [6.45, 7) is 4.40. The summed E-state index contributed by atoms with van der Waals surface area (Å²) in [5.74, 6) is 0. The largest absolute Gasteiger partial charge is 0.383 e. The smallest absolute Gasteiger partial charge is 0.0992 e. The molecule has 0 aromatic heterocycles. The highest BCUT2D eigenvalue weighted by Crippen LogP contribution is 2.20. The number of hydrogen-bond donors (Lipinski definition) is 1. The monoisotopic (exact) mass is 294 g/mol. The van der Waals surface area contributed by atoms with Gasteiger partial charge in [0.05, 0.1) is 11.6 Å². The number of hydrogen-bond acceptors (Lipinski definition) is 2. The molecule has 92 valence electrons. The Balaban J connectivity index is 2.56. The summed E-state index contributed by atoms with van der Waals surface area (Å²) in [7, 11) is 0. The molecule has 0 amide bonds. The van der Waals surface area contributed by atoms with Crippen molar-refractivity contribution in [1.29, 1.82) is 5.26 Å². The number of nitrogens with one attached hydrogen (secondary N) is 1. The van der Waals surface area contributed by atoms with E-state index in [1.807, 2.05) is 18.2 Å². The van der Waals surface area contributed by atoms with E-state index in [4.69, 9.17) is 5.26 Å². The van der Waals surface area contributed by atoms with Crippen LogP contribution in [0.5, 0.6) is 0 Å². The van der Waals surface area contributed by atoms with Crippen LogP contribution in [-0.2, 0) is 0 Å². The minimum atomic E-state index is 0.447. The van der Waals surface area contributed by atoms with Crippen molar-refractivity contribution < 1.29 is 0 Å². The second kappa shape index (κ2) is 7.34. The van der Waals surface area contributed by atoms with E-state index < -0.39 is 0 Å². The Labute approximate surface area is 112 Å². The lowest BCUT2D eigenvalue weighted by molar-refractivity contribution is 0.615. The molecule has 0 aliphatic heterocycles. The Morgan fingerprint density at radius 2 is 2.12 bits per heavy atom. The van der Waals surface area contributed by atoms with Crippen LogP contribution < -0.4 is 5.32 Å². The molecule has 0 bridgehead atoms. The summed E-state index contributed by atoms with van der Waals surface area (Å²) < 4.78 is 0.944. The summed E-state index contributed by atoms with van der Waals surface area (Å²) in [6.07, 6.45) is 4.96. The number of nitrogens with zero attached hydrogens (tertiary/aromatic N) is 1. The van der Waals surface area contributed by atoms with Crippen LogP contribution in [-0.4, -0.2) is 6.04 Å². The minimum absolute atomic E-state index is 0.447. The zero-order chi connectivity index (χ0) is 12.7. The maximum Gasteiger partial charge on any atom is 0.0992 e. The molecule has 1 aromatic carbocycles. The lowest BCUT2D eigenvalue weighted by Gasteiger charge is -2.15. The highest BCUT2D eigenvalue weighted by atomic mass is 79.9. The fraction of sp³-hybridized carbons (Fsp3) is 0.500. The summed E-state index contributed by atoms with van der Waals surface area (Å²) in [6, 6.07) is 8.34. The molecule has 0 saturated carbocycles. The quantitative estimate of drug-likeness (QED) is 0.772. The fourth-order valence-corrected chi connectivity index (χ4v) is 2.29. The lowest BCUT2D eigenvalue weighted by Crippen LogP contribution is -2.14. The normalized spacial score (nSPS) is 11.9. The Hall–Kier alpha value is -1.01. The van der Waals surface area contributed by atoms with Gasteiger partial charge in [0.15, 0.2) is 0 Å². The van der Waals surface area contributed by atoms with E-state index in [0.717, 1.165) is 10.2 Å². The molecule has 2 nitrogen and oxygen atoms in total. The topological polar surface area (TPSA) is 35.8 Å². The standard InChI is InChI=1S/C14H19BrN2/c1-3-4-5-6-11(2)17-14-8-12(10-16)7-13(15)9-14/h7-9,11,17H,3-6H2,1-2H3. The zero-order valence-corrected chi connectivity index (χ0v) is 12.0. The van der Waals surface area contributed by atoms with E-state index >= 15 is 0 Å². The van der Waals surface area contributed by atoms with Crippen molar-refractivity contribution in [3.63, 3.8) is 0 Å². The van der Waals surface area contributed by atoms with Gasteiger partial charge < -0.3 is 5.32 Å². The van der Waals surface area contributed by atoms with Crippen LogP contribution in [0.2, 0.25) is 0 Å². The van der Waals surface area contributed by atoms with Crippen LogP contribution in [0.25, 0.3) is 0 Å². The maximum absolute atomic E-state index is 8.90. The van der Waals surface area contributed by atoms with Gasteiger partial charge in [0, 0.05) is 16.2 Å². The molecule has 0 fully saturated rings. The molecule has 1 rings (SSSR count). The van der Waals surface area contributed by atoms with Gasteiger partial charge in [0.1, 0.15) is 0 Å². The van der Waals surface area contributed by atoms with Crippen LogP contribution in [0.1, 0.15) is 45.1 Å². The Bertz CT molecular complexity index is 396. The van der Waals surface area contributed by atoms with Gasteiger partial charge in [-0.3, -0.25) is 0 Å². The van der Waals surface area contributed by atoms with Crippen LogP contribution in [0, 0.1) is 11.3 Å². The second-order valence-electron chi connectivity index (χ2n) is 4.38. The van der Waals surface area contributed by atoms with E-state index in [9.17, 15) is 0 Å². The van der Waals surface area contributed by atoms with Gasteiger partial charge in [-0.1, -0.05) is 42.1 Å². The molecule has 0 radical (unpaired) electrons. The molecule has 3 heteroatoms. The van der Waals surface area contributed by atoms with Crippen molar-refractivity contribution in [3.8, 4) is 6.07 Å². The van der Waals surface area contributed by atoms with Crippen molar-refractivity contribution in [1.82, 2.24) is 0 Å². The van der Waals surface area contributed by atoms with E-state index in [1.165, 1.54) is 25.7 Å². The van der Waals surface area contributed by atoms with Gasteiger partial charge in [-0.25, -0.2) is 0 Å². The number of anilines is 1. The van der Waals surface area contributed by atoms with Gasteiger partial charge >= 0.3 is 0 Å². The lowest BCUT2D eigenvalue weighted by atomic mass is 10.1. The summed E-state index contributed by atoms with van der Waals surface area (Å²) in [5.41, 5.74) is 1.70. The summed E-state index contributed by atoms with van der Waals surface area (Å²) in [4.78, 5) is 0. The molecule has 17 heavy (non-hydrogen) atoms. The molecule has 1 unspecified atom stereocenters. The fourth-order valence-electron chi connectivity index (χ4n) is 1.79. The Morgan fingerprint density at radius 1 is 1.35 bits per heavy atom. The van der Waals surface area contributed by atoms with Gasteiger partial charge in [-0.05, 0) is 31.5 Å². The number of nitriles is 1. The van der Waals surface area contributed by atoms with E-state index in [0.29, 0.717) is 11.6 Å². The first-order valence-corrected chi connectivity index (χ1v) is 6.92. The number of rotatable bonds is 6. The van der Waals surface area contributed by atoms with Crippen molar-refractivity contribution in [2.75, 3.05) is 5.32 Å². The first kappa shape index (κ1) is 14.1. The second-order valence-corrected chi connectivity index (χ2v) is 5.30. The third-order valence-electron chi connectivity index (χ3n) is 2.68. The van der Waals surface area contributed by atoms with Gasteiger partial charge in [-0.2, -0.15) is 5.26 Å². The van der Waals surface area contributed by atoms with Crippen LogP contribution >= 0.6 is 15.9 Å². The predicted octanol–water partition coefficient (Wildman–Crippen LogP) is 4.70.